The predicted octanol–water partition coefficient (Wildman–Crippen LogP) is 16.5. The van der Waals surface area contributed by atoms with E-state index < -0.39 is 12.1 Å². The van der Waals surface area contributed by atoms with Crippen LogP contribution in [0.25, 0.3) is 0 Å². The lowest BCUT2D eigenvalue weighted by Gasteiger charge is -2.22. The van der Waals surface area contributed by atoms with Crippen LogP contribution < -0.4 is 5.32 Å². The standard InChI is InChI=1S/C55H107NO5/c1-3-5-7-9-11-13-15-24-29-33-37-41-45-49-55(60)61-50-46-42-38-34-30-26-23-21-19-17-18-20-22-25-28-32-36-40-44-48-54(59)56-52(51-57)53(58)47-43-39-35-31-27-16-14-12-10-8-6-4-2/h17-18,52-53,57-58H,3-16,19-51H2,1-2H3,(H,56,59)/b18-17-. The van der Waals surface area contributed by atoms with Gasteiger partial charge in [0.2, 0.25) is 5.91 Å². The van der Waals surface area contributed by atoms with Crippen LogP contribution in [0.1, 0.15) is 303 Å². The Morgan fingerprint density at radius 1 is 0.443 bits per heavy atom. The first kappa shape index (κ1) is 59.6. The first-order valence-electron chi connectivity index (χ1n) is 27.4. The second-order valence-corrected chi connectivity index (χ2v) is 18.9. The maximum atomic E-state index is 12.4. The van der Waals surface area contributed by atoms with Crippen LogP contribution in [0.2, 0.25) is 0 Å². The second kappa shape index (κ2) is 51.2. The Hall–Kier alpha value is -1.40. The SMILES string of the molecule is CCCCCCCCCCCCCCCC(=O)OCCCCCCCCCC/C=C\CCCCCCCCCC(=O)NC(CO)C(O)CCCCCCCCCCCCCC. The monoisotopic (exact) mass is 862 g/mol. The molecule has 0 spiro atoms. The van der Waals surface area contributed by atoms with Gasteiger partial charge in [-0.15, -0.1) is 0 Å². The summed E-state index contributed by atoms with van der Waals surface area (Å²) in [5.41, 5.74) is 0. The van der Waals surface area contributed by atoms with E-state index in [1.807, 2.05) is 0 Å². The first-order chi connectivity index (χ1) is 30.0. The topological polar surface area (TPSA) is 95.9 Å². The minimum atomic E-state index is -0.668. The Kier molecular flexibility index (Phi) is 50.1. The number of aliphatic hydroxyl groups is 2. The highest BCUT2D eigenvalue weighted by Gasteiger charge is 2.20. The van der Waals surface area contributed by atoms with Crippen molar-refractivity contribution in [3.8, 4) is 0 Å². The van der Waals surface area contributed by atoms with E-state index in [9.17, 15) is 19.8 Å². The number of aliphatic hydroxyl groups excluding tert-OH is 2. The molecule has 0 aliphatic rings. The van der Waals surface area contributed by atoms with E-state index in [0.29, 0.717) is 25.9 Å². The molecule has 0 rings (SSSR count). The van der Waals surface area contributed by atoms with Gasteiger partial charge in [0.05, 0.1) is 25.4 Å². The predicted molar refractivity (Wildman–Crippen MR) is 264 cm³/mol. The van der Waals surface area contributed by atoms with Gasteiger partial charge in [0, 0.05) is 12.8 Å². The summed E-state index contributed by atoms with van der Waals surface area (Å²) in [4.78, 5) is 24.4. The fourth-order valence-corrected chi connectivity index (χ4v) is 8.58. The molecule has 0 saturated carbocycles. The molecule has 0 radical (unpaired) electrons. The zero-order valence-electron chi connectivity index (χ0n) is 41.2. The first-order valence-corrected chi connectivity index (χ1v) is 27.4. The van der Waals surface area contributed by atoms with Gasteiger partial charge in [-0.3, -0.25) is 9.59 Å². The molecule has 0 aromatic rings. The molecule has 0 aromatic carbocycles. The Morgan fingerprint density at radius 3 is 1.16 bits per heavy atom. The number of esters is 1. The Balaban J connectivity index is 3.42. The zero-order valence-corrected chi connectivity index (χ0v) is 41.2. The van der Waals surface area contributed by atoms with Crippen LogP contribution in [0.4, 0.5) is 0 Å². The number of carbonyl (C=O) groups is 2. The summed E-state index contributed by atoms with van der Waals surface area (Å²) in [5, 5.41) is 23.2. The summed E-state index contributed by atoms with van der Waals surface area (Å²) in [5.74, 6) is -0.0386. The van der Waals surface area contributed by atoms with Gasteiger partial charge >= 0.3 is 5.97 Å². The summed E-state index contributed by atoms with van der Waals surface area (Å²) >= 11 is 0. The van der Waals surface area contributed by atoms with Crippen LogP contribution in [0.15, 0.2) is 12.2 Å². The molecule has 6 heteroatoms. The van der Waals surface area contributed by atoms with Crippen LogP contribution in [-0.2, 0) is 14.3 Å². The molecule has 3 N–H and O–H groups in total. The van der Waals surface area contributed by atoms with Crippen molar-refractivity contribution < 1.29 is 24.5 Å². The van der Waals surface area contributed by atoms with Crippen LogP contribution in [0.5, 0.6) is 0 Å². The van der Waals surface area contributed by atoms with Crippen molar-refractivity contribution in [1.82, 2.24) is 5.32 Å². The highest BCUT2D eigenvalue weighted by Crippen LogP contribution is 2.17. The van der Waals surface area contributed by atoms with Crippen LogP contribution in [-0.4, -0.2) is 47.4 Å². The van der Waals surface area contributed by atoms with Gasteiger partial charge in [0.15, 0.2) is 0 Å². The van der Waals surface area contributed by atoms with E-state index in [2.05, 4.69) is 31.3 Å². The molecule has 61 heavy (non-hydrogen) atoms. The highest BCUT2D eigenvalue weighted by molar-refractivity contribution is 5.76. The smallest absolute Gasteiger partial charge is 0.305 e. The highest BCUT2D eigenvalue weighted by atomic mass is 16.5. The molecule has 1 amide bonds. The second-order valence-electron chi connectivity index (χ2n) is 18.9. The molecule has 0 aliphatic carbocycles. The van der Waals surface area contributed by atoms with E-state index in [1.54, 1.807) is 0 Å². The molecule has 2 atom stereocenters. The number of ether oxygens (including phenoxy) is 1. The van der Waals surface area contributed by atoms with Crippen molar-refractivity contribution in [3.63, 3.8) is 0 Å². The third kappa shape index (κ3) is 47.9. The largest absolute Gasteiger partial charge is 0.466 e. The lowest BCUT2D eigenvalue weighted by atomic mass is 10.0. The van der Waals surface area contributed by atoms with Crippen molar-refractivity contribution >= 4 is 11.9 Å². The summed E-state index contributed by atoms with van der Waals surface area (Å²) < 4.78 is 5.47. The van der Waals surface area contributed by atoms with Gasteiger partial charge in [-0.2, -0.15) is 0 Å². The molecule has 0 fully saturated rings. The van der Waals surface area contributed by atoms with Crippen molar-refractivity contribution in [1.29, 1.82) is 0 Å². The van der Waals surface area contributed by atoms with Crippen molar-refractivity contribution in [2.75, 3.05) is 13.2 Å². The van der Waals surface area contributed by atoms with Crippen molar-refractivity contribution in [2.24, 2.45) is 0 Å². The van der Waals surface area contributed by atoms with Crippen molar-refractivity contribution in [2.45, 2.75) is 315 Å². The number of allylic oxidation sites excluding steroid dienone is 2. The van der Waals surface area contributed by atoms with Gasteiger partial charge in [-0.25, -0.2) is 0 Å². The fraction of sp³-hybridized carbons (Fsp3) is 0.927. The van der Waals surface area contributed by atoms with E-state index >= 15 is 0 Å². The van der Waals surface area contributed by atoms with Gasteiger partial charge in [-0.1, -0.05) is 251 Å². The number of amides is 1. The lowest BCUT2D eigenvalue weighted by Crippen LogP contribution is -2.45. The van der Waals surface area contributed by atoms with Crippen LogP contribution >= 0.6 is 0 Å². The number of carbonyl (C=O) groups excluding carboxylic acids is 2. The number of hydrogen-bond donors (Lipinski definition) is 3. The normalized spacial score (nSPS) is 12.7. The third-order valence-electron chi connectivity index (χ3n) is 12.8. The van der Waals surface area contributed by atoms with E-state index in [1.165, 1.54) is 231 Å². The maximum Gasteiger partial charge on any atom is 0.305 e. The van der Waals surface area contributed by atoms with E-state index in [4.69, 9.17) is 4.74 Å². The lowest BCUT2D eigenvalue weighted by molar-refractivity contribution is -0.143. The number of unbranched alkanes of at least 4 members (excludes halogenated alkanes) is 38. The minimum Gasteiger partial charge on any atom is -0.466 e. The van der Waals surface area contributed by atoms with E-state index in [-0.39, 0.29) is 18.5 Å². The maximum absolute atomic E-state index is 12.4. The Bertz CT molecular complexity index is 909. The molecule has 362 valence electrons. The van der Waals surface area contributed by atoms with Gasteiger partial charge in [0.25, 0.3) is 0 Å². The summed E-state index contributed by atoms with van der Waals surface area (Å²) in [6, 6.07) is -0.546. The minimum absolute atomic E-state index is 0.00566. The number of nitrogens with one attached hydrogen (secondary N) is 1. The average molecular weight is 862 g/mol. The zero-order chi connectivity index (χ0) is 44.4. The molecule has 0 heterocycles. The molecule has 0 aliphatic heterocycles. The third-order valence-corrected chi connectivity index (χ3v) is 12.8. The molecule has 0 aromatic heterocycles. The van der Waals surface area contributed by atoms with Crippen LogP contribution in [0, 0.1) is 0 Å². The van der Waals surface area contributed by atoms with Crippen LogP contribution in [0.3, 0.4) is 0 Å². The summed E-state index contributed by atoms with van der Waals surface area (Å²) in [6.45, 7) is 4.94. The quantitative estimate of drug-likeness (QED) is 0.0322. The Morgan fingerprint density at radius 2 is 0.770 bits per heavy atom. The molecule has 6 nitrogen and oxygen atoms in total. The molecular weight excluding hydrogens is 755 g/mol. The average Bonchev–Trinajstić information content (AvgIpc) is 3.26. The molecular formula is C55H107NO5. The number of hydrogen-bond acceptors (Lipinski definition) is 5. The van der Waals surface area contributed by atoms with E-state index in [0.717, 1.165) is 38.5 Å². The molecule has 0 saturated heterocycles. The number of rotatable bonds is 51. The summed E-state index contributed by atoms with van der Waals surface area (Å²) in [7, 11) is 0. The van der Waals surface area contributed by atoms with Gasteiger partial charge in [-0.05, 0) is 51.4 Å². The fourth-order valence-electron chi connectivity index (χ4n) is 8.58. The summed E-state index contributed by atoms with van der Waals surface area (Å²) in [6.07, 6.45) is 59.1. The van der Waals surface area contributed by atoms with Gasteiger partial charge < -0.3 is 20.3 Å². The molecule has 2 unspecified atom stereocenters. The van der Waals surface area contributed by atoms with Crippen molar-refractivity contribution in [3.05, 3.63) is 12.2 Å². The van der Waals surface area contributed by atoms with Gasteiger partial charge in [0.1, 0.15) is 0 Å². The Labute approximate surface area is 380 Å². The molecule has 0 bridgehead atoms.